The fourth-order valence-corrected chi connectivity index (χ4v) is 7.76. The van der Waals surface area contributed by atoms with E-state index in [4.69, 9.17) is 0 Å². The van der Waals surface area contributed by atoms with Crippen LogP contribution in [0.15, 0.2) is 0 Å². The molecule has 58 heavy (non-hydrogen) atoms. The summed E-state index contributed by atoms with van der Waals surface area (Å²) in [6.07, 6.45) is 26.3. The lowest BCUT2D eigenvalue weighted by Gasteiger charge is -2.34. The number of amides is 4. The van der Waals surface area contributed by atoms with Gasteiger partial charge in [-0.1, -0.05) is 157 Å². The number of hydrogen-bond donors (Lipinski definition) is 2. The highest BCUT2D eigenvalue weighted by molar-refractivity contribution is 5.88. The van der Waals surface area contributed by atoms with Crippen molar-refractivity contribution in [2.24, 2.45) is 11.8 Å². The first-order chi connectivity index (χ1) is 27.8. The summed E-state index contributed by atoms with van der Waals surface area (Å²) in [5.74, 6) is 0.0708. The van der Waals surface area contributed by atoms with Crippen molar-refractivity contribution in [3.05, 3.63) is 0 Å². The van der Waals surface area contributed by atoms with Gasteiger partial charge in [0.05, 0.1) is 0 Å². The number of nitrogens with one attached hydrogen (secondary N) is 2. The molecule has 2 atom stereocenters. The Hall–Kier alpha value is -2.20. The number of likely N-dealkylation sites (N-methyl/N-ethyl adjacent to an activating group) is 2. The van der Waals surface area contributed by atoms with Crippen molar-refractivity contribution in [3.8, 4) is 0 Å². The predicted molar refractivity (Wildman–Crippen MR) is 246 cm³/mol. The number of carbonyl (C=O) groups excluding carboxylic acids is 4. The molecule has 0 saturated heterocycles. The van der Waals surface area contributed by atoms with Crippen LogP contribution in [0.5, 0.6) is 0 Å². The highest BCUT2D eigenvalue weighted by Gasteiger charge is 2.33. The minimum atomic E-state index is -0.482. The lowest BCUT2D eigenvalue weighted by atomic mass is 9.99. The summed E-state index contributed by atoms with van der Waals surface area (Å²) in [6, 6.07) is -0.964. The Morgan fingerprint density at radius 3 is 0.948 bits per heavy atom. The fourth-order valence-electron chi connectivity index (χ4n) is 7.76. The molecule has 0 aliphatic heterocycles. The maximum absolute atomic E-state index is 13.6. The Kier molecular flexibility index (Phi) is 35.2. The van der Waals surface area contributed by atoms with E-state index in [2.05, 4.69) is 34.3 Å². The molecule has 0 saturated carbocycles. The van der Waals surface area contributed by atoms with Crippen molar-refractivity contribution in [3.63, 3.8) is 0 Å². The van der Waals surface area contributed by atoms with E-state index in [0.29, 0.717) is 39.0 Å². The summed E-state index contributed by atoms with van der Waals surface area (Å²) in [5.41, 5.74) is 0. The molecule has 10 heteroatoms. The maximum Gasteiger partial charge on any atom is 0.243 e. The minimum Gasteiger partial charge on any atom is -0.354 e. The summed E-state index contributed by atoms with van der Waals surface area (Å²) in [4.78, 5) is 62.0. The summed E-state index contributed by atoms with van der Waals surface area (Å²) >= 11 is 0. The number of unbranched alkanes of at least 4 members (excludes halogenated alkanes) is 19. The third-order valence-corrected chi connectivity index (χ3v) is 11.4. The van der Waals surface area contributed by atoms with Gasteiger partial charge in [-0.15, -0.1) is 0 Å². The van der Waals surface area contributed by atoms with Crippen molar-refractivity contribution in [2.45, 2.75) is 208 Å². The van der Waals surface area contributed by atoms with E-state index in [9.17, 15) is 19.2 Å². The zero-order valence-corrected chi connectivity index (χ0v) is 39.9. The third-order valence-electron chi connectivity index (χ3n) is 11.4. The molecule has 0 aromatic carbocycles. The van der Waals surface area contributed by atoms with Crippen molar-refractivity contribution < 1.29 is 19.2 Å². The van der Waals surface area contributed by atoms with Crippen molar-refractivity contribution in [1.82, 2.24) is 30.2 Å². The van der Waals surface area contributed by atoms with Gasteiger partial charge in [0.1, 0.15) is 12.1 Å². The fraction of sp³-hybridized carbons (Fsp3) is 0.917. The Bertz CT molecular complexity index is 956. The Balaban J connectivity index is 4.89. The molecule has 0 aliphatic rings. The van der Waals surface area contributed by atoms with E-state index >= 15 is 0 Å². The molecular formula is C48H96N6O4. The Labute approximate surface area is 359 Å². The molecule has 0 aromatic rings. The molecule has 342 valence electrons. The van der Waals surface area contributed by atoms with Crippen molar-refractivity contribution in [2.75, 3.05) is 67.5 Å². The first-order valence-electron chi connectivity index (χ1n) is 24.2. The number of rotatable bonds is 39. The summed E-state index contributed by atoms with van der Waals surface area (Å²) in [6.45, 7) is 16.3. The summed E-state index contributed by atoms with van der Waals surface area (Å²) in [5, 5.41) is 6.30. The highest BCUT2D eigenvalue weighted by Crippen LogP contribution is 2.18. The van der Waals surface area contributed by atoms with Crippen LogP contribution in [-0.2, 0) is 19.2 Å². The molecular weight excluding hydrogens is 725 g/mol. The van der Waals surface area contributed by atoms with Gasteiger partial charge in [-0.3, -0.25) is 19.2 Å². The molecule has 10 nitrogen and oxygen atoms in total. The second-order valence-corrected chi connectivity index (χ2v) is 18.3. The van der Waals surface area contributed by atoms with Gasteiger partial charge in [0, 0.05) is 52.1 Å². The van der Waals surface area contributed by atoms with Crippen molar-refractivity contribution in [1.29, 1.82) is 0 Å². The van der Waals surface area contributed by atoms with E-state index in [1.54, 1.807) is 0 Å². The second-order valence-electron chi connectivity index (χ2n) is 18.3. The molecule has 0 bridgehead atoms. The minimum absolute atomic E-state index is 0.0107. The Morgan fingerprint density at radius 2 is 0.672 bits per heavy atom. The summed E-state index contributed by atoms with van der Waals surface area (Å²) in [7, 11) is 8.01. The standard InChI is InChI=1S/C48H96N6O4/c1-11-13-15-17-19-21-23-25-29-33-43(55)53(39-37-51(7)8)45(41(3)4)47(57)49-35-31-27-28-32-36-50-48(58)46(42(5)6)54(40-38-52(9)10)44(56)34-30-26-24-22-20-18-16-14-12-2/h41-42,45-46H,11-40H2,1-10H3,(H,49,57)(H,50,58). The zero-order chi connectivity index (χ0) is 43.6. The number of carbonyl (C=O) groups is 4. The Morgan fingerprint density at radius 1 is 0.397 bits per heavy atom. The summed E-state index contributed by atoms with van der Waals surface area (Å²) < 4.78 is 0. The topological polar surface area (TPSA) is 105 Å². The van der Waals surface area contributed by atoms with Gasteiger partial charge in [-0.25, -0.2) is 0 Å². The first-order valence-corrected chi connectivity index (χ1v) is 24.2. The molecule has 2 unspecified atom stereocenters. The molecule has 4 amide bonds. The van der Waals surface area contributed by atoms with Crippen LogP contribution in [0.3, 0.4) is 0 Å². The lowest BCUT2D eigenvalue weighted by Crippen LogP contribution is -2.54. The van der Waals surface area contributed by atoms with Gasteiger partial charge in [0.15, 0.2) is 0 Å². The van der Waals surface area contributed by atoms with Gasteiger partial charge >= 0.3 is 0 Å². The number of hydrogen-bond acceptors (Lipinski definition) is 6. The molecule has 0 heterocycles. The van der Waals surface area contributed by atoms with Crippen LogP contribution in [0.25, 0.3) is 0 Å². The van der Waals surface area contributed by atoms with Gasteiger partial charge in [-0.05, 0) is 65.7 Å². The van der Waals surface area contributed by atoms with Crippen LogP contribution in [0, 0.1) is 11.8 Å². The monoisotopic (exact) mass is 821 g/mol. The normalized spacial score (nSPS) is 12.7. The molecule has 0 aromatic heterocycles. The largest absolute Gasteiger partial charge is 0.354 e. The molecule has 0 aliphatic carbocycles. The van der Waals surface area contributed by atoms with Gasteiger partial charge in [0.25, 0.3) is 0 Å². The van der Waals surface area contributed by atoms with E-state index in [-0.39, 0.29) is 35.5 Å². The van der Waals surface area contributed by atoms with E-state index < -0.39 is 12.1 Å². The van der Waals surface area contributed by atoms with Gasteiger partial charge in [0.2, 0.25) is 23.6 Å². The van der Waals surface area contributed by atoms with Crippen LogP contribution in [0.2, 0.25) is 0 Å². The molecule has 0 fully saturated rings. The average molecular weight is 821 g/mol. The molecule has 0 rings (SSSR count). The van der Waals surface area contributed by atoms with E-state index in [0.717, 1.165) is 64.5 Å². The lowest BCUT2D eigenvalue weighted by molar-refractivity contribution is -0.142. The average Bonchev–Trinajstić information content (AvgIpc) is 3.16. The van der Waals surface area contributed by atoms with Crippen LogP contribution in [0.4, 0.5) is 0 Å². The quantitative estimate of drug-likeness (QED) is 0.0599. The van der Waals surface area contributed by atoms with E-state index in [1.807, 2.05) is 65.7 Å². The van der Waals surface area contributed by atoms with Crippen LogP contribution in [0.1, 0.15) is 196 Å². The first kappa shape index (κ1) is 55.8. The molecule has 2 N–H and O–H groups in total. The highest BCUT2D eigenvalue weighted by atomic mass is 16.2. The van der Waals surface area contributed by atoms with Crippen LogP contribution < -0.4 is 10.6 Å². The molecule has 0 radical (unpaired) electrons. The van der Waals surface area contributed by atoms with Crippen molar-refractivity contribution >= 4 is 23.6 Å². The SMILES string of the molecule is CCCCCCCCCCCC(=O)N(CCN(C)C)C(C(=O)NCCCCCCNC(=O)C(C(C)C)N(CCN(C)C)C(=O)CCCCCCCCCCC)C(C)C. The van der Waals surface area contributed by atoms with Gasteiger partial charge in [-0.2, -0.15) is 0 Å². The van der Waals surface area contributed by atoms with Gasteiger partial charge < -0.3 is 30.2 Å². The number of nitrogens with zero attached hydrogens (tertiary/aromatic N) is 4. The van der Waals surface area contributed by atoms with Crippen LogP contribution in [-0.4, -0.2) is 123 Å². The second kappa shape index (κ2) is 36.6. The smallest absolute Gasteiger partial charge is 0.243 e. The molecule has 0 spiro atoms. The third kappa shape index (κ3) is 28.3. The predicted octanol–water partition coefficient (Wildman–Crippen LogP) is 9.45. The van der Waals surface area contributed by atoms with Crippen LogP contribution >= 0.6 is 0 Å². The maximum atomic E-state index is 13.6. The van der Waals surface area contributed by atoms with E-state index in [1.165, 1.54) is 89.9 Å². The zero-order valence-electron chi connectivity index (χ0n) is 39.9.